The Labute approximate surface area is 195 Å². The fraction of sp³-hybridized carbons (Fsp3) is 0.542. The Morgan fingerprint density at radius 2 is 1.94 bits per heavy atom. The highest BCUT2D eigenvalue weighted by Crippen LogP contribution is 2.50. The average molecular weight is 476 g/mol. The summed E-state index contributed by atoms with van der Waals surface area (Å²) in [6, 6.07) is 3.56. The number of aromatic nitrogens is 2. The first-order valence-corrected chi connectivity index (χ1v) is 11.7. The molecule has 0 bridgehead atoms. The zero-order valence-electron chi connectivity index (χ0n) is 18.8. The normalized spacial score (nSPS) is 23.6. The number of alkyl halides is 3. The van der Waals surface area contributed by atoms with Crippen LogP contribution in [0.2, 0.25) is 0 Å². The van der Waals surface area contributed by atoms with Crippen molar-refractivity contribution in [1.29, 1.82) is 0 Å². The first kappa shape index (κ1) is 22.9. The van der Waals surface area contributed by atoms with Crippen LogP contribution in [0.4, 0.5) is 19.0 Å². The largest absolute Gasteiger partial charge is 0.416 e. The maximum absolute atomic E-state index is 13.7. The molecule has 182 valence electrons. The zero-order valence-corrected chi connectivity index (χ0v) is 18.8. The molecule has 3 aliphatic rings. The fourth-order valence-corrected chi connectivity index (χ4v) is 5.19. The highest BCUT2D eigenvalue weighted by Gasteiger charge is 2.49. The Kier molecular flexibility index (Phi) is 5.87. The zero-order chi connectivity index (χ0) is 24.0. The van der Waals surface area contributed by atoms with Gasteiger partial charge in [-0.1, -0.05) is 6.07 Å². The number of nitrogens with zero attached hydrogens (tertiary/aromatic N) is 3. The molecule has 0 spiro atoms. The Bertz CT molecular complexity index is 1090. The fourth-order valence-electron chi connectivity index (χ4n) is 5.19. The molecule has 5 rings (SSSR count). The summed E-state index contributed by atoms with van der Waals surface area (Å²) in [4.78, 5) is 28.3. The minimum atomic E-state index is -4.56. The third kappa shape index (κ3) is 4.08. The predicted molar refractivity (Wildman–Crippen MR) is 118 cm³/mol. The van der Waals surface area contributed by atoms with Crippen molar-refractivity contribution in [2.75, 3.05) is 24.7 Å². The molecule has 0 radical (unpaired) electrons. The van der Waals surface area contributed by atoms with Gasteiger partial charge in [0.05, 0.1) is 17.8 Å². The summed E-state index contributed by atoms with van der Waals surface area (Å²) in [5.41, 5.74) is -0.0993. The molecular weight excluding hydrogens is 449 g/mol. The van der Waals surface area contributed by atoms with E-state index in [0.717, 1.165) is 49.2 Å². The first-order chi connectivity index (χ1) is 16.3. The van der Waals surface area contributed by atoms with Gasteiger partial charge in [0, 0.05) is 36.8 Å². The third-order valence-electron chi connectivity index (χ3n) is 7.02. The van der Waals surface area contributed by atoms with E-state index in [1.807, 2.05) is 11.6 Å². The Morgan fingerprint density at radius 3 is 2.59 bits per heavy atom. The number of anilines is 1. The number of carbonyl (C=O) groups is 2. The van der Waals surface area contributed by atoms with E-state index < -0.39 is 23.7 Å². The van der Waals surface area contributed by atoms with Crippen LogP contribution in [0.3, 0.4) is 0 Å². The molecule has 10 heteroatoms. The molecule has 1 N–H and O–H groups in total. The highest BCUT2D eigenvalue weighted by atomic mass is 19.4. The number of hydrogen-bond donors (Lipinski definition) is 1. The lowest BCUT2D eigenvalue weighted by Crippen LogP contribution is -2.55. The lowest BCUT2D eigenvalue weighted by atomic mass is 9.84. The second-order valence-corrected chi connectivity index (χ2v) is 9.19. The van der Waals surface area contributed by atoms with Gasteiger partial charge in [-0.05, 0) is 56.7 Å². The van der Waals surface area contributed by atoms with Crippen molar-refractivity contribution in [3.8, 4) is 0 Å². The number of likely N-dealkylation sites (N-methyl/N-ethyl adjacent to an activating group) is 1. The van der Waals surface area contributed by atoms with Gasteiger partial charge >= 0.3 is 6.18 Å². The van der Waals surface area contributed by atoms with Gasteiger partial charge in [-0.15, -0.1) is 0 Å². The Balaban J connectivity index is 1.48. The number of rotatable bonds is 5. The number of fused-ring (bicyclic) bond motifs is 1. The summed E-state index contributed by atoms with van der Waals surface area (Å²) in [7, 11) is 0. The quantitative estimate of drug-likeness (QED) is 0.710. The van der Waals surface area contributed by atoms with Crippen LogP contribution in [-0.4, -0.2) is 47.4 Å². The summed E-state index contributed by atoms with van der Waals surface area (Å²) in [5, 5.41) is 7.43. The van der Waals surface area contributed by atoms with Crippen molar-refractivity contribution in [2.24, 2.45) is 5.92 Å². The third-order valence-corrected chi connectivity index (χ3v) is 7.02. The van der Waals surface area contributed by atoms with Crippen LogP contribution < -0.4 is 10.2 Å². The molecular formula is C24H27F3N4O3. The molecule has 2 unspecified atom stereocenters. The van der Waals surface area contributed by atoms with Gasteiger partial charge in [0.15, 0.2) is 0 Å². The van der Waals surface area contributed by atoms with E-state index in [1.165, 1.54) is 12.1 Å². The summed E-state index contributed by atoms with van der Waals surface area (Å²) in [5.74, 6) is -0.192. The second kappa shape index (κ2) is 8.72. The van der Waals surface area contributed by atoms with Crippen molar-refractivity contribution in [3.05, 3.63) is 47.2 Å². The summed E-state index contributed by atoms with van der Waals surface area (Å²) in [6.45, 7) is 3.54. The number of carbonyl (C=O) groups excluding carboxylic acids is 2. The molecule has 1 aromatic carbocycles. The molecule has 1 saturated carbocycles. The smallest absolute Gasteiger partial charge is 0.381 e. The minimum Gasteiger partial charge on any atom is -0.381 e. The summed E-state index contributed by atoms with van der Waals surface area (Å²) >= 11 is 0. The lowest BCUT2D eigenvalue weighted by molar-refractivity contribution is -0.137. The molecule has 3 heterocycles. The van der Waals surface area contributed by atoms with Gasteiger partial charge in [-0.3, -0.25) is 14.5 Å². The van der Waals surface area contributed by atoms with Crippen LogP contribution in [0.25, 0.3) is 0 Å². The maximum Gasteiger partial charge on any atom is 0.416 e. The van der Waals surface area contributed by atoms with Gasteiger partial charge in [-0.2, -0.15) is 18.3 Å². The second-order valence-electron chi connectivity index (χ2n) is 9.19. The van der Waals surface area contributed by atoms with Crippen molar-refractivity contribution in [1.82, 2.24) is 15.1 Å². The van der Waals surface area contributed by atoms with Crippen LogP contribution in [0, 0.1) is 5.92 Å². The maximum atomic E-state index is 13.7. The molecule has 2 fully saturated rings. The molecule has 1 aromatic heterocycles. The van der Waals surface area contributed by atoms with Crippen LogP contribution >= 0.6 is 0 Å². The Morgan fingerprint density at radius 1 is 1.21 bits per heavy atom. The number of ether oxygens (including phenoxy) is 1. The molecule has 1 aliphatic carbocycles. The van der Waals surface area contributed by atoms with E-state index in [-0.39, 0.29) is 29.3 Å². The van der Waals surface area contributed by atoms with E-state index >= 15 is 0 Å². The molecule has 2 atom stereocenters. The average Bonchev–Trinajstić information content (AvgIpc) is 3.58. The van der Waals surface area contributed by atoms with Gasteiger partial charge in [0.1, 0.15) is 11.9 Å². The standard InChI is InChI=1S/C24H27F3N4O3/c1-2-30-22-18(13-28-31(22)17-8-10-34-11-9-17)19(14-6-7-14)20(23(30)33)29-21(32)15-4-3-5-16(12-15)24(25,26)27/h3-5,12-14,17,19-20H,2,6-11H2,1H3,(H,29,32). The molecule has 2 amide bonds. The molecule has 7 nitrogen and oxygen atoms in total. The topological polar surface area (TPSA) is 76.5 Å². The van der Waals surface area contributed by atoms with Crippen LogP contribution in [0.15, 0.2) is 30.5 Å². The number of hydrogen-bond acceptors (Lipinski definition) is 4. The van der Waals surface area contributed by atoms with Gasteiger partial charge in [0.25, 0.3) is 11.8 Å². The molecule has 2 aliphatic heterocycles. The molecule has 34 heavy (non-hydrogen) atoms. The predicted octanol–water partition coefficient (Wildman–Crippen LogP) is 3.91. The van der Waals surface area contributed by atoms with Crippen LogP contribution in [0.5, 0.6) is 0 Å². The van der Waals surface area contributed by atoms with E-state index in [4.69, 9.17) is 4.74 Å². The van der Waals surface area contributed by atoms with Crippen molar-refractivity contribution >= 4 is 17.6 Å². The van der Waals surface area contributed by atoms with Gasteiger partial charge in [0.2, 0.25) is 0 Å². The number of nitrogens with one attached hydrogen (secondary N) is 1. The number of halogens is 3. The van der Waals surface area contributed by atoms with E-state index in [1.54, 1.807) is 11.1 Å². The summed E-state index contributed by atoms with van der Waals surface area (Å²) < 4.78 is 46.8. The van der Waals surface area contributed by atoms with Crippen molar-refractivity contribution in [2.45, 2.75) is 56.8 Å². The number of benzene rings is 1. The summed E-state index contributed by atoms with van der Waals surface area (Å²) in [6.07, 6.45) is 0.726. The minimum absolute atomic E-state index is 0.121. The molecule has 1 saturated heterocycles. The van der Waals surface area contributed by atoms with Crippen molar-refractivity contribution in [3.63, 3.8) is 0 Å². The monoisotopic (exact) mass is 476 g/mol. The Hall–Kier alpha value is -2.88. The first-order valence-electron chi connectivity index (χ1n) is 11.7. The van der Waals surface area contributed by atoms with Gasteiger partial charge in [-0.25, -0.2) is 4.68 Å². The van der Waals surface area contributed by atoms with E-state index in [9.17, 15) is 22.8 Å². The highest BCUT2D eigenvalue weighted by molar-refractivity contribution is 6.04. The van der Waals surface area contributed by atoms with Crippen LogP contribution in [-0.2, 0) is 15.7 Å². The van der Waals surface area contributed by atoms with Crippen molar-refractivity contribution < 1.29 is 27.5 Å². The number of amides is 2. The van der Waals surface area contributed by atoms with E-state index in [2.05, 4.69) is 10.4 Å². The SMILES string of the molecule is CCN1C(=O)C(NC(=O)c2cccc(C(F)(F)F)c2)C(C2CC2)c2cnn(C3CCOCC3)c21. The lowest BCUT2D eigenvalue weighted by Gasteiger charge is -2.39. The van der Waals surface area contributed by atoms with Crippen LogP contribution in [0.1, 0.15) is 66.1 Å². The van der Waals surface area contributed by atoms with Gasteiger partial charge < -0.3 is 10.1 Å². The molecule has 2 aromatic rings. The van der Waals surface area contributed by atoms with E-state index in [0.29, 0.717) is 19.8 Å².